The SMILES string of the molecule is CCCCCCC(/C=C\COC(C)=O)CCCCC. The Hall–Kier alpha value is -0.790. The lowest BCUT2D eigenvalue weighted by molar-refractivity contribution is -0.139. The Balaban J connectivity index is 3.90. The maximum atomic E-state index is 10.7. The van der Waals surface area contributed by atoms with E-state index >= 15 is 0 Å². The third-order valence-corrected chi connectivity index (χ3v) is 3.40. The van der Waals surface area contributed by atoms with Crippen molar-refractivity contribution in [3.05, 3.63) is 12.2 Å². The normalized spacial score (nSPS) is 12.8. The summed E-state index contributed by atoms with van der Waals surface area (Å²) in [5, 5.41) is 0. The van der Waals surface area contributed by atoms with Crippen LogP contribution in [0.5, 0.6) is 0 Å². The fourth-order valence-corrected chi connectivity index (χ4v) is 2.24. The summed E-state index contributed by atoms with van der Waals surface area (Å²) in [6, 6.07) is 0. The van der Waals surface area contributed by atoms with Crippen molar-refractivity contribution in [2.24, 2.45) is 5.92 Å². The second-order valence-electron chi connectivity index (χ2n) is 5.34. The zero-order valence-electron chi connectivity index (χ0n) is 13.1. The molecule has 0 aliphatic heterocycles. The predicted molar refractivity (Wildman–Crippen MR) is 82.2 cm³/mol. The topological polar surface area (TPSA) is 26.3 Å². The fraction of sp³-hybridized carbons (Fsp3) is 0.824. The van der Waals surface area contributed by atoms with E-state index in [2.05, 4.69) is 19.9 Å². The Morgan fingerprint density at radius 2 is 1.58 bits per heavy atom. The lowest BCUT2D eigenvalue weighted by Crippen LogP contribution is -2.00. The summed E-state index contributed by atoms with van der Waals surface area (Å²) in [5.74, 6) is 0.467. The molecule has 0 bridgehead atoms. The van der Waals surface area contributed by atoms with Gasteiger partial charge in [-0.2, -0.15) is 0 Å². The van der Waals surface area contributed by atoms with E-state index in [0.29, 0.717) is 12.5 Å². The first-order valence-electron chi connectivity index (χ1n) is 8.00. The molecule has 0 amide bonds. The Morgan fingerprint density at radius 3 is 2.16 bits per heavy atom. The molecule has 0 aromatic heterocycles. The Labute approximate surface area is 119 Å². The zero-order valence-corrected chi connectivity index (χ0v) is 13.1. The van der Waals surface area contributed by atoms with Gasteiger partial charge in [0.05, 0.1) is 0 Å². The minimum atomic E-state index is -0.199. The van der Waals surface area contributed by atoms with E-state index < -0.39 is 0 Å². The van der Waals surface area contributed by atoms with Gasteiger partial charge in [-0.05, 0) is 18.8 Å². The van der Waals surface area contributed by atoms with Crippen LogP contribution in [0.3, 0.4) is 0 Å². The number of ether oxygens (including phenoxy) is 1. The molecule has 1 atom stereocenters. The number of hydrogen-bond acceptors (Lipinski definition) is 2. The van der Waals surface area contributed by atoms with Crippen molar-refractivity contribution in [3.63, 3.8) is 0 Å². The number of esters is 1. The molecule has 2 nitrogen and oxygen atoms in total. The number of carbonyl (C=O) groups excluding carboxylic acids is 1. The van der Waals surface area contributed by atoms with Gasteiger partial charge in [-0.25, -0.2) is 0 Å². The van der Waals surface area contributed by atoms with Gasteiger partial charge in [0.2, 0.25) is 0 Å². The van der Waals surface area contributed by atoms with E-state index in [-0.39, 0.29) is 5.97 Å². The first-order chi connectivity index (χ1) is 9.20. The summed E-state index contributed by atoms with van der Waals surface area (Å²) in [6.45, 7) is 6.37. The van der Waals surface area contributed by atoms with Crippen LogP contribution in [0.2, 0.25) is 0 Å². The van der Waals surface area contributed by atoms with Crippen molar-refractivity contribution in [1.82, 2.24) is 0 Å². The van der Waals surface area contributed by atoms with Crippen molar-refractivity contribution in [2.75, 3.05) is 6.61 Å². The van der Waals surface area contributed by atoms with Crippen LogP contribution in [0.1, 0.15) is 78.6 Å². The molecule has 0 aliphatic carbocycles. The quantitative estimate of drug-likeness (QED) is 0.274. The monoisotopic (exact) mass is 268 g/mol. The summed E-state index contributed by atoms with van der Waals surface area (Å²) in [4.78, 5) is 10.7. The fourth-order valence-electron chi connectivity index (χ4n) is 2.24. The molecule has 0 aromatic rings. The lowest BCUT2D eigenvalue weighted by Gasteiger charge is -2.12. The highest BCUT2D eigenvalue weighted by Gasteiger charge is 2.04. The van der Waals surface area contributed by atoms with Crippen molar-refractivity contribution < 1.29 is 9.53 Å². The van der Waals surface area contributed by atoms with E-state index in [9.17, 15) is 4.79 Å². The highest BCUT2D eigenvalue weighted by Crippen LogP contribution is 2.19. The van der Waals surface area contributed by atoms with Crippen LogP contribution >= 0.6 is 0 Å². The number of rotatable bonds is 12. The zero-order chi connectivity index (χ0) is 14.3. The molecule has 0 saturated carbocycles. The molecule has 0 saturated heterocycles. The van der Waals surface area contributed by atoms with Gasteiger partial charge in [-0.3, -0.25) is 4.79 Å². The molecular formula is C17H32O2. The maximum absolute atomic E-state index is 10.7. The van der Waals surface area contributed by atoms with Gasteiger partial charge in [0.15, 0.2) is 0 Å². The largest absolute Gasteiger partial charge is 0.462 e. The standard InChI is InChI=1S/C17H32O2/c1-4-6-8-10-13-17(12-9-7-5-2)14-11-15-19-16(3)18/h11,14,17H,4-10,12-13,15H2,1-3H3/b14-11-. The van der Waals surface area contributed by atoms with Crippen molar-refractivity contribution in [1.29, 1.82) is 0 Å². The summed E-state index contributed by atoms with van der Waals surface area (Å²) in [5.41, 5.74) is 0. The maximum Gasteiger partial charge on any atom is 0.302 e. The summed E-state index contributed by atoms with van der Waals surface area (Å²) < 4.78 is 4.94. The van der Waals surface area contributed by atoms with E-state index in [1.165, 1.54) is 64.7 Å². The molecule has 0 rings (SSSR count). The third-order valence-electron chi connectivity index (χ3n) is 3.40. The van der Waals surface area contributed by atoms with Crippen LogP contribution < -0.4 is 0 Å². The second kappa shape index (κ2) is 13.6. The van der Waals surface area contributed by atoms with Gasteiger partial charge < -0.3 is 4.74 Å². The van der Waals surface area contributed by atoms with Crippen LogP contribution in [0.4, 0.5) is 0 Å². The van der Waals surface area contributed by atoms with Gasteiger partial charge in [-0.1, -0.05) is 70.9 Å². The average Bonchev–Trinajstić information content (AvgIpc) is 2.38. The van der Waals surface area contributed by atoms with E-state index in [0.717, 1.165) is 0 Å². The first-order valence-corrected chi connectivity index (χ1v) is 8.00. The van der Waals surface area contributed by atoms with Gasteiger partial charge in [0.25, 0.3) is 0 Å². The Morgan fingerprint density at radius 1 is 1.00 bits per heavy atom. The minimum Gasteiger partial charge on any atom is -0.462 e. The molecule has 0 fully saturated rings. The summed E-state index contributed by atoms with van der Waals surface area (Å²) >= 11 is 0. The first kappa shape index (κ1) is 18.2. The lowest BCUT2D eigenvalue weighted by atomic mass is 9.94. The molecular weight excluding hydrogens is 236 g/mol. The van der Waals surface area contributed by atoms with Crippen LogP contribution in [0.25, 0.3) is 0 Å². The highest BCUT2D eigenvalue weighted by molar-refractivity contribution is 5.65. The molecule has 0 aliphatic rings. The third kappa shape index (κ3) is 13.4. The molecule has 0 heterocycles. The number of hydrogen-bond donors (Lipinski definition) is 0. The molecule has 0 N–H and O–H groups in total. The van der Waals surface area contributed by atoms with E-state index in [4.69, 9.17) is 4.74 Å². The van der Waals surface area contributed by atoms with Gasteiger partial charge >= 0.3 is 5.97 Å². The second-order valence-corrected chi connectivity index (χ2v) is 5.34. The molecule has 2 heteroatoms. The van der Waals surface area contributed by atoms with Gasteiger partial charge in [0.1, 0.15) is 6.61 Å². The Bertz CT molecular complexity index is 233. The van der Waals surface area contributed by atoms with Crippen molar-refractivity contribution >= 4 is 5.97 Å². The molecule has 1 unspecified atom stereocenters. The van der Waals surface area contributed by atoms with Crippen molar-refractivity contribution in [3.8, 4) is 0 Å². The highest BCUT2D eigenvalue weighted by atomic mass is 16.5. The smallest absolute Gasteiger partial charge is 0.302 e. The van der Waals surface area contributed by atoms with Crippen LogP contribution in [-0.2, 0) is 9.53 Å². The molecule has 112 valence electrons. The molecule has 0 radical (unpaired) electrons. The summed E-state index contributed by atoms with van der Waals surface area (Å²) in [7, 11) is 0. The number of carbonyl (C=O) groups is 1. The predicted octanol–water partition coefficient (Wildman–Crippen LogP) is 5.27. The Kier molecular flexibility index (Phi) is 13.1. The van der Waals surface area contributed by atoms with Gasteiger partial charge in [-0.15, -0.1) is 0 Å². The number of allylic oxidation sites excluding steroid dienone is 1. The number of unbranched alkanes of at least 4 members (excludes halogenated alkanes) is 5. The van der Waals surface area contributed by atoms with E-state index in [1.807, 2.05) is 6.08 Å². The summed E-state index contributed by atoms with van der Waals surface area (Å²) in [6.07, 6.45) is 16.0. The molecule has 0 aromatic carbocycles. The van der Waals surface area contributed by atoms with Crippen LogP contribution in [0.15, 0.2) is 12.2 Å². The average molecular weight is 268 g/mol. The van der Waals surface area contributed by atoms with Gasteiger partial charge in [0, 0.05) is 6.92 Å². The minimum absolute atomic E-state index is 0.199. The van der Waals surface area contributed by atoms with Crippen molar-refractivity contribution in [2.45, 2.75) is 78.6 Å². The van der Waals surface area contributed by atoms with Crippen LogP contribution in [-0.4, -0.2) is 12.6 Å². The molecule has 19 heavy (non-hydrogen) atoms. The van der Waals surface area contributed by atoms with Crippen LogP contribution in [0, 0.1) is 5.92 Å². The van der Waals surface area contributed by atoms with E-state index in [1.54, 1.807) is 0 Å². The molecule has 0 spiro atoms.